The molecular weight excluding hydrogens is 369 g/mol. The molecule has 0 saturated carbocycles. The van der Waals surface area contributed by atoms with Gasteiger partial charge in [-0.2, -0.15) is 0 Å². The van der Waals surface area contributed by atoms with Gasteiger partial charge < -0.3 is 0 Å². The second-order valence-electron chi connectivity index (χ2n) is 6.54. The molecule has 5 nitrogen and oxygen atoms in total. The van der Waals surface area contributed by atoms with Gasteiger partial charge in [-0.1, -0.05) is 0 Å². The van der Waals surface area contributed by atoms with Crippen molar-refractivity contribution in [2.75, 3.05) is 0 Å². The number of fused-ring (bicyclic) bond motifs is 1. The van der Waals surface area contributed by atoms with E-state index in [0.29, 0.717) is 22.3 Å². The zero-order valence-electron chi connectivity index (χ0n) is 15.1. The van der Waals surface area contributed by atoms with E-state index in [1.807, 2.05) is 0 Å². The van der Waals surface area contributed by atoms with Crippen molar-refractivity contribution in [1.82, 2.24) is 19.1 Å². The number of rotatable bonds is 3. The molecule has 142 valence electrons. The number of pyridine rings is 2. The van der Waals surface area contributed by atoms with E-state index in [1.54, 1.807) is 13.1 Å². The van der Waals surface area contributed by atoms with Crippen LogP contribution in [0.1, 0.15) is 11.1 Å². The van der Waals surface area contributed by atoms with Crippen LogP contribution < -0.4 is 5.69 Å². The molecule has 28 heavy (non-hydrogen) atoms. The van der Waals surface area contributed by atoms with Crippen LogP contribution in [0.5, 0.6) is 0 Å². The van der Waals surface area contributed by atoms with Crippen LogP contribution in [0, 0.1) is 24.4 Å². The number of aryl methyl sites for hydroxylation is 1. The first kappa shape index (κ1) is 18.0. The van der Waals surface area contributed by atoms with Gasteiger partial charge in [0.15, 0.2) is 5.65 Å². The molecule has 0 aliphatic carbocycles. The summed E-state index contributed by atoms with van der Waals surface area (Å²) in [5.41, 5.74) is 1.51. The van der Waals surface area contributed by atoms with Crippen molar-refractivity contribution >= 4 is 11.2 Å². The summed E-state index contributed by atoms with van der Waals surface area (Å²) < 4.78 is 44.3. The van der Waals surface area contributed by atoms with Crippen molar-refractivity contribution in [3.05, 3.63) is 81.9 Å². The van der Waals surface area contributed by atoms with Crippen molar-refractivity contribution in [3.8, 4) is 11.1 Å². The second kappa shape index (κ2) is 6.63. The molecule has 0 fully saturated rings. The van der Waals surface area contributed by atoms with Crippen LogP contribution in [0.15, 0.2) is 47.7 Å². The Bertz CT molecular complexity index is 1280. The van der Waals surface area contributed by atoms with Gasteiger partial charge in [0.25, 0.3) is 0 Å². The molecule has 3 heterocycles. The summed E-state index contributed by atoms with van der Waals surface area (Å²) in [6.45, 7) is 1.44. The normalized spacial score (nSPS) is 11.3. The van der Waals surface area contributed by atoms with Gasteiger partial charge in [0.05, 0.1) is 18.3 Å². The van der Waals surface area contributed by atoms with Gasteiger partial charge in [-0.05, 0) is 36.8 Å². The molecular formula is C20H15F3N4O. The van der Waals surface area contributed by atoms with Crippen molar-refractivity contribution in [1.29, 1.82) is 0 Å². The zero-order valence-corrected chi connectivity index (χ0v) is 15.1. The van der Waals surface area contributed by atoms with E-state index in [-0.39, 0.29) is 23.4 Å². The number of aromatic nitrogens is 4. The zero-order chi connectivity index (χ0) is 20.0. The van der Waals surface area contributed by atoms with Crippen LogP contribution in [-0.2, 0) is 13.6 Å². The van der Waals surface area contributed by atoms with Gasteiger partial charge in [-0.25, -0.2) is 22.9 Å². The summed E-state index contributed by atoms with van der Waals surface area (Å²) in [6, 6.07) is 5.43. The lowest BCUT2D eigenvalue weighted by molar-refractivity contribution is 0.570. The third-order valence-corrected chi connectivity index (χ3v) is 4.71. The van der Waals surface area contributed by atoms with Crippen LogP contribution in [0.2, 0.25) is 0 Å². The molecule has 0 aliphatic rings. The van der Waals surface area contributed by atoms with E-state index in [0.717, 1.165) is 6.20 Å². The molecule has 8 heteroatoms. The van der Waals surface area contributed by atoms with E-state index in [4.69, 9.17) is 0 Å². The number of hydrogen-bond donors (Lipinski definition) is 0. The number of hydrogen-bond acceptors (Lipinski definition) is 3. The fourth-order valence-electron chi connectivity index (χ4n) is 3.19. The number of benzene rings is 1. The Balaban J connectivity index is 1.90. The maximum atomic E-state index is 14.5. The van der Waals surface area contributed by atoms with Crippen molar-refractivity contribution in [2.24, 2.45) is 7.05 Å². The fourth-order valence-corrected chi connectivity index (χ4v) is 3.19. The molecule has 0 amide bonds. The molecule has 0 unspecified atom stereocenters. The lowest BCUT2D eigenvalue weighted by Crippen LogP contribution is -2.22. The minimum Gasteiger partial charge on any atom is -0.286 e. The molecule has 0 aliphatic heterocycles. The second-order valence-corrected chi connectivity index (χ2v) is 6.54. The van der Waals surface area contributed by atoms with E-state index >= 15 is 0 Å². The highest BCUT2D eigenvalue weighted by Gasteiger charge is 2.17. The first-order valence-corrected chi connectivity index (χ1v) is 8.46. The van der Waals surface area contributed by atoms with Crippen LogP contribution >= 0.6 is 0 Å². The highest BCUT2D eigenvalue weighted by molar-refractivity contribution is 5.79. The molecule has 0 spiro atoms. The Labute approximate surface area is 157 Å². The topological polar surface area (TPSA) is 52.7 Å². The van der Waals surface area contributed by atoms with Gasteiger partial charge in [0.1, 0.15) is 17.5 Å². The average Bonchev–Trinajstić information content (AvgIpc) is 2.91. The standard InChI is InChI=1S/C20H15F3N4O/c1-11-16(22)4-3-15(18(11)23)13-6-17-19(25-8-13)26(2)20(28)27(17)10-12-5-14(21)9-24-7-12/h3-9H,10H2,1-2H3. The lowest BCUT2D eigenvalue weighted by Gasteiger charge is -2.08. The molecule has 4 aromatic rings. The lowest BCUT2D eigenvalue weighted by atomic mass is 10.0. The first-order chi connectivity index (χ1) is 13.4. The molecule has 3 aromatic heterocycles. The number of halogens is 3. The predicted molar refractivity (Wildman–Crippen MR) is 98.4 cm³/mol. The summed E-state index contributed by atoms with van der Waals surface area (Å²) in [4.78, 5) is 20.7. The maximum absolute atomic E-state index is 14.5. The highest BCUT2D eigenvalue weighted by atomic mass is 19.1. The van der Waals surface area contributed by atoms with Gasteiger partial charge in [-0.3, -0.25) is 14.1 Å². The van der Waals surface area contributed by atoms with E-state index in [2.05, 4.69) is 9.97 Å². The molecule has 0 bridgehead atoms. The molecule has 0 N–H and O–H groups in total. The third kappa shape index (κ3) is 2.87. The van der Waals surface area contributed by atoms with Crippen molar-refractivity contribution in [3.63, 3.8) is 0 Å². The minimum atomic E-state index is -0.680. The van der Waals surface area contributed by atoms with Gasteiger partial charge in [-0.15, -0.1) is 0 Å². The summed E-state index contributed by atoms with van der Waals surface area (Å²) >= 11 is 0. The molecule has 0 radical (unpaired) electrons. The largest absolute Gasteiger partial charge is 0.330 e. The fraction of sp³-hybridized carbons (Fsp3) is 0.150. The van der Waals surface area contributed by atoms with Crippen molar-refractivity contribution < 1.29 is 13.2 Å². The summed E-state index contributed by atoms with van der Waals surface area (Å²) in [7, 11) is 1.57. The highest BCUT2D eigenvalue weighted by Crippen LogP contribution is 2.28. The third-order valence-electron chi connectivity index (χ3n) is 4.71. The summed E-state index contributed by atoms with van der Waals surface area (Å²) in [6.07, 6.45) is 3.98. The Hall–Kier alpha value is -3.42. The quantitative estimate of drug-likeness (QED) is 0.543. The van der Waals surface area contributed by atoms with Crippen LogP contribution in [0.4, 0.5) is 13.2 Å². The molecule has 1 aromatic carbocycles. The number of nitrogens with zero attached hydrogens (tertiary/aromatic N) is 4. The Kier molecular flexibility index (Phi) is 4.26. The Morgan fingerprint density at radius 2 is 1.86 bits per heavy atom. The minimum absolute atomic E-state index is 0.0804. The maximum Gasteiger partial charge on any atom is 0.330 e. The first-order valence-electron chi connectivity index (χ1n) is 8.46. The van der Waals surface area contributed by atoms with Crippen LogP contribution in [0.3, 0.4) is 0 Å². The summed E-state index contributed by atoms with van der Waals surface area (Å²) in [5.74, 6) is -1.82. The van der Waals surface area contributed by atoms with Crippen molar-refractivity contribution in [2.45, 2.75) is 13.5 Å². The Morgan fingerprint density at radius 1 is 1.07 bits per heavy atom. The predicted octanol–water partition coefficient (Wildman–Crippen LogP) is 3.57. The van der Waals surface area contributed by atoms with E-state index in [9.17, 15) is 18.0 Å². The van der Waals surface area contributed by atoms with Gasteiger partial charge in [0.2, 0.25) is 0 Å². The monoisotopic (exact) mass is 384 g/mol. The van der Waals surface area contributed by atoms with E-state index in [1.165, 1.54) is 46.7 Å². The van der Waals surface area contributed by atoms with Crippen LogP contribution in [-0.4, -0.2) is 19.1 Å². The SMILES string of the molecule is Cc1c(F)ccc(-c2cnc3c(c2)n(Cc2cncc(F)c2)c(=O)n3C)c1F. The molecule has 0 atom stereocenters. The van der Waals surface area contributed by atoms with Crippen LogP contribution in [0.25, 0.3) is 22.3 Å². The van der Waals surface area contributed by atoms with Gasteiger partial charge in [0, 0.05) is 36.1 Å². The van der Waals surface area contributed by atoms with Gasteiger partial charge >= 0.3 is 5.69 Å². The number of imidazole rings is 1. The molecule has 0 saturated heterocycles. The smallest absolute Gasteiger partial charge is 0.286 e. The Morgan fingerprint density at radius 3 is 2.61 bits per heavy atom. The summed E-state index contributed by atoms with van der Waals surface area (Å²) in [5, 5.41) is 0. The van der Waals surface area contributed by atoms with E-state index < -0.39 is 17.5 Å². The molecule has 4 rings (SSSR count). The average molecular weight is 384 g/mol.